The molecule has 0 N–H and O–H groups in total. The van der Waals surface area contributed by atoms with Crippen molar-refractivity contribution in [3.8, 4) is 0 Å². The van der Waals surface area contributed by atoms with Crippen LogP contribution in [0.3, 0.4) is 0 Å². The van der Waals surface area contributed by atoms with Gasteiger partial charge in [0.05, 0.1) is 0 Å². The summed E-state index contributed by atoms with van der Waals surface area (Å²) < 4.78 is 0. The third kappa shape index (κ3) is 2.73. The van der Waals surface area contributed by atoms with Gasteiger partial charge in [-0.1, -0.05) is 87.4 Å². The van der Waals surface area contributed by atoms with Gasteiger partial charge in [0.1, 0.15) is 0 Å². The zero-order valence-corrected chi connectivity index (χ0v) is 20.6. The van der Waals surface area contributed by atoms with Crippen LogP contribution >= 0.6 is 0 Å². The summed E-state index contributed by atoms with van der Waals surface area (Å²) in [5.41, 5.74) is 2.56. The fourth-order valence-electron chi connectivity index (χ4n) is 6.44. The Labute approximate surface area is 208 Å². The molecule has 0 heterocycles. The van der Waals surface area contributed by atoms with Crippen molar-refractivity contribution >= 4 is 64.6 Å². The molecule has 7 rings (SSSR count). The van der Waals surface area contributed by atoms with Crippen molar-refractivity contribution in [1.82, 2.24) is 0 Å². The zero-order chi connectivity index (χ0) is 24.6. The van der Waals surface area contributed by atoms with Gasteiger partial charge in [-0.3, -0.25) is 9.59 Å². The highest BCUT2D eigenvalue weighted by atomic mass is 16.1. The summed E-state index contributed by atoms with van der Waals surface area (Å²) in [6.07, 6.45) is 3.98. The maximum absolute atomic E-state index is 13.8. The van der Waals surface area contributed by atoms with E-state index in [0.29, 0.717) is 0 Å². The van der Waals surface area contributed by atoms with Crippen LogP contribution < -0.4 is 10.9 Å². The van der Waals surface area contributed by atoms with Crippen LogP contribution in [0.25, 0.3) is 64.6 Å². The van der Waals surface area contributed by atoms with E-state index >= 15 is 0 Å². The van der Waals surface area contributed by atoms with E-state index in [2.05, 4.69) is 62.4 Å². The molecule has 36 heavy (non-hydrogen) atoms. The molecule has 2 heteroatoms. The third-order valence-electron chi connectivity index (χ3n) is 7.93. The first-order chi connectivity index (χ1) is 17.6. The van der Waals surface area contributed by atoms with Crippen molar-refractivity contribution in [3.05, 3.63) is 104 Å². The van der Waals surface area contributed by atoms with Crippen LogP contribution in [-0.4, -0.2) is 0 Å². The lowest BCUT2D eigenvalue weighted by atomic mass is 9.84. The van der Waals surface area contributed by atoms with Crippen molar-refractivity contribution in [2.75, 3.05) is 0 Å². The molecule has 0 bridgehead atoms. The molecule has 2 nitrogen and oxygen atoms in total. The number of hydrogen-bond acceptors (Lipinski definition) is 2. The number of aryl methyl sites for hydroxylation is 2. The Bertz CT molecular complexity index is 1950. The second-order valence-electron chi connectivity index (χ2n) is 10.1. The van der Waals surface area contributed by atoms with E-state index in [0.717, 1.165) is 90.3 Å². The summed E-state index contributed by atoms with van der Waals surface area (Å²) in [6.45, 7) is 4.32. The highest BCUT2D eigenvalue weighted by Gasteiger charge is 2.21. The molecule has 0 saturated carbocycles. The predicted molar refractivity (Wildman–Crippen MR) is 154 cm³/mol. The minimum Gasteiger partial charge on any atom is -0.289 e. The van der Waals surface area contributed by atoms with Crippen molar-refractivity contribution in [3.63, 3.8) is 0 Å². The van der Waals surface area contributed by atoms with E-state index in [4.69, 9.17) is 0 Å². The summed E-state index contributed by atoms with van der Waals surface area (Å²) >= 11 is 0. The normalized spacial score (nSPS) is 12.3. The monoisotopic (exact) mass is 466 g/mol. The van der Waals surface area contributed by atoms with Gasteiger partial charge in [-0.25, -0.2) is 0 Å². The van der Waals surface area contributed by atoms with Crippen molar-refractivity contribution in [2.24, 2.45) is 0 Å². The highest BCUT2D eigenvalue weighted by Crippen LogP contribution is 2.44. The molecule has 174 valence electrons. The molecular formula is C34H26O2. The highest BCUT2D eigenvalue weighted by molar-refractivity contribution is 6.41. The van der Waals surface area contributed by atoms with Gasteiger partial charge in [0.25, 0.3) is 0 Å². The van der Waals surface area contributed by atoms with Gasteiger partial charge in [-0.15, -0.1) is 0 Å². The molecule has 7 aromatic rings. The molecule has 0 radical (unpaired) electrons. The van der Waals surface area contributed by atoms with Gasteiger partial charge in [-0.2, -0.15) is 0 Å². The molecule has 0 unspecified atom stereocenters. The Morgan fingerprint density at radius 1 is 0.444 bits per heavy atom. The van der Waals surface area contributed by atoms with Crippen LogP contribution in [0, 0.1) is 0 Å². The first-order valence-electron chi connectivity index (χ1n) is 13.0. The molecule has 0 aliphatic rings. The van der Waals surface area contributed by atoms with Crippen LogP contribution in [0.15, 0.2) is 82.4 Å². The second kappa shape index (κ2) is 7.73. The van der Waals surface area contributed by atoms with Gasteiger partial charge in [-0.05, 0) is 68.4 Å². The van der Waals surface area contributed by atoms with E-state index in [1.807, 2.05) is 24.3 Å². The van der Waals surface area contributed by atoms with Crippen LogP contribution in [0.2, 0.25) is 0 Å². The van der Waals surface area contributed by atoms with Crippen molar-refractivity contribution < 1.29 is 0 Å². The molecular weight excluding hydrogens is 440 g/mol. The number of rotatable bonds is 4. The summed E-state index contributed by atoms with van der Waals surface area (Å²) in [5.74, 6) is 0. The Morgan fingerprint density at radius 2 is 0.833 bits per heavy atom. The molecule has 0 amide bonds. The molecule has 0 aliphatic heterocycles. The molecule has 0 aliphatic carbocycles. The Hall–Kier alpha value is -4.04. The summed E-state index contributed by atoms with van der Waals surface area (Å²) in [5, 5.41) is 11.3. The van der Waals surface area contributed by atoms with Crippen molar-refractivity contribution in [1.29, 1.82) is 0 Å². The van der Waals surface area contributed by atoms with Gasteiger partial charge in [0.15, 0.2) is 10.9 Å². The van der Waals surface area contributed by atoms with E-state index in [1.54, 1.807) is 0 Å². The predicted octanol–water partition coefficient (Wildman–Crippen LogP) is 8.11. The molecule has 0 atom stereocenters. The zero-order valence-electron chi connectivity index (χ0n) is 20.6. The van der Waals surface area contributed by atoms with Gasteiger partial charge in [0.2, 0.25) is 0 Å². The topological polar surface area (TPSA) is 34.1 Å². The molecule has 0 fully saturated rings. The lowest BCUT2D eigenvalue weighted by Crippen LogP contribution is -2.07. The Morgan fingerprint density at radius 3 is 1.25 bits per heavy atom. The first-order valence-corrected chi connectivity index (χ1v) is 13.0. The third-order valence-corrected chi connectivity index (χ3v) is 7.93. The summed E-state index contributed by atoms with van der Waals surface area (Å²) in [4.78, 5) is 27.7. The maximum atomic E-state index is 13.8. The Kier molecular flexibility index (Phi) is 4.56. The van der Waals surface area contributed by atoms with Gasteiger partial charge < -0.3 is 0 Å². The average Bonchev–Trinajstić information content (AvgIpc) is 2.90. The number of hydrogen-bond donors (Lipinski definition) is 0. The molecule has 0 aromatic heterocycles. The SMILES string of the molecule is CCCc1ccc2c(c1)c(=O)c1cccc3c1c2c1cccc2c(=O)c4cc(CCC)ccc4c3c21. The molecule has 7 aromatic carbocycles. The minimum absolute atomic E-state index is 0.0918. The fourth-order valence-corrected chi connectivity index (χ4v) is 6.44. The first kappa shape index (κ1) is 21.3. The smallest absolute Gasteiger partial charge is 0.194 e. The summed E-state index contributed by atoms with van der Waals surface area (Å²) in [6, 6.07) is 24.9. The quantitative estimate of drug-likeness (QED) is 0.194. The fraction of sp³-hybridized carbons (Fsp3) is 0.176. The van der Waals surface area contributed by atoms with Crippen LogP contribution in [0.4, 0.5) is 0 Å². The van der Waals surface area contributed by atoms with Gasteiger partial charge >= 0.3 is 0 Å². The number of fused-ring (bicyclic) bond motifs is 6. The maximum Gasteiger partial charge on any atom is 0.194 e. The lowest BCUT2D eigenvalue weighted by molar-refractivity contribution is 0.923. The Balaban J connectivity index is 1.81. The van der Waals surface area contributed by atoms with E-state index in [-0.39, 0.29) is 10.9 Å². The lowest BCUT2D eigenvalue weighted by Gasteiger charge is -2.18. The van der Waals surface area contributed by atoms with E-state index < -0.39 is 0 Å². The van der Waals surface area contributed by atoms with E-state index in [1.165, 1.54) is 11.1 Å². The number of benzene rings is 7. The van der Waals surface area contributed by atoms with E-state index in [9.17, 15) is 9.59 Å². The average molecular weight is 467 g/mol. The van der Waals surface area contributed by atoms with Crippen LogP contribution in [-0.2, 0) is 12.8 Å². The summed E-state index contributed by atoms with van der Waals surface area (Å²) in [7, 11) is 0. The van der Waals surface area contributed by atoms with Crippen LogP contribution in [0.5, 0.6) is 0 Å². The van der Waals surface area contributed by atoms with Crippen molar-refractivity contribution in [2.45, 2.75) is 39.5 Å². The standard InChI is InChI=1S/C34H26O2/c1-3-7-19-13-15-21-27(17-19)33(35)25-11-5-10-24-30-22-16-14-20(8-4-2)18-28(22)34(36)26-12-6-9-23(32(26)30)29(21)31(24)25/h5-6,9-18H,3-4,7-8H2,1-2H3. The second-order valence-corrected chi connectivity index (χ2v) is 10.1. The largest absolute Gasteiger partial charge is 0.289 e. The minimum atomic E-state index is 0.0918. The van der Waals surface area contributed by atoms with Crippen LogP contribution in [0.1, 0.15) is 37.8 Å². The molecule has 0 spiro atoms. The molecule has 0 saturated heterocycles. The van der Waals surface area contributed by atoms with Gasteiger partial charge in [0, 0.05) is 32.3 Å².